The maximum atomic E-state index is 12.6. The fourth-order valence-electron chi connectivity index (χ4n) is 4.04. The number of H-pyrrole nitrogens is 1. The second-order valence-electron chi connectivity index (χ2n) is 7.76. The Morgan fingerprint density at radius 3 is 2.93 bits per heavy atom. The number of thiophene rings is 1. The number of esters is 1. The van der Waals surface area contributed by atoms with E-state index in [-0.39, 0.29) is 23.2 Å². The fourth-order valence-corrected chi connectivity index (χ4v) is 6.14. The van der Waals surface area contributed by atoms with E-state index in [2.05, 4.69) is 22.2 Å². The molecule has 9 heteroatoms. The Hall–Kier alpha value is -2.13. The molecule has 0 aliphatic heterocycles. The van der Waals surface area contributed by atoms with Crippen LogP contribution in [0.4, 0.5) is 5.00 Å². The number of ether oxygens (including phenoxy) is 1. The zero-order valence-corrected chi connectivity index (χ0v) is 18.8. The van der Waals surface area contributed by atoms with E-state index in [0.717, 1.165) is 60.2 Å². The van der Waals surface area contributed by atoms with Gasteiger partial charge in [-0.25, -0.2) is 9.78 Å². The molecule has 2 aromatic rings. The largest absolute Gasteiger partial charge is 0.462 e. The van der Waals surface area contributed by atoms with Crippen LogP contribution in [0.15, 0.2) is 9.95 Å². The maximum absolute atomic E-state index is 12.6. The summed E-state index contributed by atoms with van der Waals surface area (Å²) in [6.45, 7) is 4.27. The number of aryl methyl sites for hydroxylation is 1. The lowest BCUT2D eigenvalue weighted by atomic mass is 9.88. The predicted octanol–water partition coefficient (Wildman–Crippen LogP) is 3.35. The van der Waals surface area contributed by atoms with Crippen LogP contribution in [0, 0.1) is 5.92 Å². The summed E-state index contributed by atoms with van der Waals surface area (Å²) in [5.41, 5.74) is 3.02. The molecule has 0 bridgehead atoms. The molecule has 1 amide bonds. The number of nitrogens with one attached hydrogen (secondary N) is 2. The fraction of sp³-hybridized carbons (Fsp3) is 0.524. The Morgan fingerprint density at radius 2 is 2.13 bits per heavy atom. The highest BCUT2D eigenvalue weighted by Gasteiger charge is 2.29. The average Bonchev–Trinajstić information content (AvgIpc) is 3.30. The molecule has 0 saturated carbocycles. The Bertz CT molecular complexity index is 1040. The topological polar surface area (TPSA) is 101 Å². The number of rotatable bonds is 6. The molecule has 0 radical (unpaired) electrons. The van der Waals surface area contributed by atoms with Gasteiger partial charge in [-0.1, -0.05) is 18.7 Å². The molecule has 0 saturated heterocycles. The van der Waals surface area contributed by atoms with Crippen molar-refractivity contribution in [3.05, 3.63) is 37.6 Å². The highest BCUT2D eigenvalue weighted by molar-refractivity contribution is 7.99. The number of nitrogens with zero attached hydrogens (tertiary/aromatic N) is 1. The standard InChI is InChI=1S/C21H25N3O4S2/c1-3-28-20(27)17-13-8-7-11(2)9-15(13)30-19(17)23-16(25)10-29-21-22-14-6-4-5-12(14)18(26)24-21/h11H,3-10H2,1-2H3,(H,23,25)(H,22,24,26)/t11-/m0/s1. The normalized spacial score (nSPS) is 17.3. The van der Waals surface area contributed by atoms with Gasteiger partial charge in [-0.3, -0.25) is 9.59 Å². The number of amides is 1. The van der Waals surface area contributed by atoms with Gasteiger partial charge in [0, 0.05) is 10.4 Å². The molecule has 1 atom stereocenters. The maximum Gasteiger partial charge on any atom is 0.341 e. The Kier molecular flexibility index (Phi) is 6.29. The van der Waals surface area contributed by atoms with Crippen molar-refractivity contribution in [2.75, 3.05) is 17.7 Å². The van der Waals surface area contributed by atoms with E-state index in [1.54, 1.807) is 6.92 Å². The second kappa shape index (κ2) is 8.93. The number of carbonyl (C=O) groups excluding carboxylic acids is 2. The van der Waals surface area contributed by atoms with Crippen molar-refractivity contribution in [1.29, 1.82) is 0 Å². The van der Waals surface area contributed by atoms with Crippen LogP contribution in [0.1, 0.15) is 58.7 Å². The van der Waals surface area contributed by atoms with E-state index >= 15 is 0 Å². The van der Waals surface area contributed by atoms with Gasteiger partial charge in [0.05, 0.1) is 23.6 Å². The SMILES string of the molecule is CCOC(=O)c1c(NC(=O)CSc2nc3c(c(=O)[nH]2)CCC3)sc2c1CC[C@H](C)C2. The third-order valence-corrected chi connectivity index (χ3v) is 7.55. The lowest BCUT2D eigenvalue weighted by Gasteiger charge is -2.18. The quantitative estimate of drug-likeness (QED) is 0.400. The predicted molar refractivity (Wildman–Crippen MR) is 118 cm³/mol. The van der Waals surface area contributed by atoms with Crippen molar-refractivity contribution >= 4 is 40.0 Å². The molecule has 0 unspecified atom stereocenters. The number of fused-ring (bicyclic) bond motifs is 2. The number of aromatic nitrogens is 2. The molecular formula is C21H25N3O4S2. The average molecular weight is 448 g/mol. The highest BCUT2D eigenvalue weighted by Crippen LogP contribution is 2.40. The summed E-state index contributed by atoms with van der Waals surface area (Å²) in [5.74, 6) is 0.0497. The summed E-state index contributed by atoms with van der Waals surface area (Å²) in [6, 6.07) is 0. The van der Waals surface area contributed by atoms with Crippen LogP contribution in [0.25, 0.3) is 0 Å². The molecule has 0 spiro atoms. The molecule has 2 aliphatic carbocycles. The number of anilines is 1. The van der Waals surface area contributed by atoms with Crippen LogP contribution in [0.5, 0.6) is 0 Å². The zero-order chi connectivity index (χ0) is 21.3. The van der Waals surface area contributed by atoms with Crippen LogP contribution in [-0.2, 0) is 35.2 Å². The molecule has 2 aromatic heterocycles. The van der Waals surface area contributed by atoms with Gasteiger partial charge in [-0.2, -0.15) is 0 Å². The first-order chi connectivity index (χ1) is 14.5. The van der Waals surface area contributed by atoms with E-state index in [1.165, 1.54) is 23.1 Å². The van der Waals surface area contributed by atoms with Gasteiger partial charge in [-0.05, 0) is 56.9 Å². The van der Waals surface area contributed by atoms with Crippen molar-refractivity contribution < 1.29 is 14.3 Å². The minimum Gasteiger partial charge on any atom is -0.462 e. The number of thioether (sulfide) groups is 1. The minimum atomic E-state index is -0.378. The summed E-state index contributed by atoms with van der Waals surface area (Å²) < 4.78 is 5.25. The summed E-state index contributed by atoms with van der Waals surface area (Å²) in [4.78, 5) is 45.7. The third-order valence-electron chi connectivity index (χ3n) is 5.50. The first-order valence-electron chi connectivity index (χ1n) is 10.3. The van der Waals surface area contributed by atoms with Crippen LogP contribution in [0.3, 0.4) is 0 Å². The Balaban J connectivity index is 1.48. The number of aromatic amines is 1. The number of hydrogen-bond donors (Lipinski definition) is 2. The second-order valence-corrected chi connectivity index (χ2v) is 9.83. The number of carbonyl (C=O) groups is 2. The van der Waals surface area contributed by atoms with E-state index < -0.39 is 0 Å². The van der Waals surface area contributed by atoms with Crippen molar-refractivity contribution in [1.82, 2.24) is 9.97 Å². The molecule has 30 heavy (non-hydrogen) atoms. The molecule has 0 aromatic carbocycles. The van der Waals surface area contributed by atoms with Crippen molar-refractivity contribution in [3.8, 4) is 0 Å². The summed E-state index contributed by atoms with van der Waals surface area (Å²) in [6.07, 6.45) is 5.28. The zero-order valence-electron chi connectivity index (χ0n) is 17.1. The van der Waals surface area contributed by atoms with E-state index in [0.29, 0.717) is 28.2 Å². The van der Waals surface area contributed by atoms with E-state index in [1.807, 2.05) is 0 Å². The van der Waals surface area contributed by atoms with Crippen LogP contribution < -0.4 is 10.9 Å². The van der Waals surface area contributed by atoms with Gasteiger partial charge in [0.15, 0.2) is 5.16 Å². The van der Waals surface area contributed by atoms with Gasteiger partial charge >= 0.3 is 5.97 Å². The lowest BCUT2D eigenvalue weighted by Crippen LogP contribution is -2.19. The molecular weight excluding hydrogens is 422 g/mol. The minimum absolute atomic E-state index is 0.100. The van der Waals surface area contributed by atoms with Crippen molar-refractivity contribution in [2.24, 2.45) is 5.92 Å². The molecule has 2 N–H and O–H groups in total. The first-order valence-corrected chi connectivity index (χ1v) is 12.1. The van der Waals surface area contributed by atoms with Gasteiger partial charge < -0.3 is 15.0 Å². The van der Waals surface area contributed by atoms with Gasteiger partial charge in [-0.15, -0.1) is 11.3 Å². The van der Waals surface area contributed by atoms with Crippen LogP contribution >= 0.6 is 23.1 Å². The highest BCUT2D eigenvalue weighted by atomic mass is 32.2. The molecule has 2 heterocycles. The van der Waals surface area contributed by atoms with Crippen molar-refractivity contribution in [2.45, 2.75) is 57.5 Å². The summed E-state index contributed by atoms with van der Waals surface area (Å²) in [7, 11) is 0. The van der Waals surface area contributed by atoms with Gasteiger partial charge in [0.2, 0.25) is 5.91 Å². The van der Waals surface area contributed by atoms with Crippen molar-refractivity contribution in [3.63, 3.8) is 0 Å². The molecule has 4 rings (SSSR count). The molecule has 2 aliphatic rings. The van der Waals surface area contributed by atoms with Gasteiger partial charge in [0.1, 0.15) is 5.00 Å². The summed E-state index contributed by atoms with van der Waals surface area (Å²) in [5, 5.41) is 3.92. The smallest absolute Gasteiger partial charge is 0.341 e. The monoisotopic (exact) mass is 447 g/mol. The number of hydrogen-bond acceptors (Lipinski definition) is 7. The first kappa shape index (κ1) is 21.1. The summed E-state index contributed by atoms with van der Waals surface area (Å²) >= 11 is 2.67. The Labute approximate surface area is 183 Å². The van der Waals surface area contributed by atoms with E-state index in [9.17, 15) is 14.4 Å². The molecule has 7 nitrogen and oxygen atoms in total. The van der Waals surface area contributed by atoms with Crippen LogP contribution in [0.2, 0.25) is 0 Å². The Morgan fingerprint density at radius 1 is 1.30 bits per heavy atom. The lowest BCUT2D eigenvalue weighted by molar-refractivity contribution is -0.113. The molecule has 0 fully saturated rings. The molecule has 160 valence electrons. The van der Waals surface area contributed by atoms with E-state index in [4.69, 9.17) is 4.74 Å². The van der Waals surface area contributed by atoms with Crippen LogP contribution in [-0.4, -0.2) is 34.2 Å². The van der Waals surface area contributed by atoms with Gasteiger partial charge in [0.25, 0.3) is 5.56 Å². The third kappa shape index (κ3) is 4.32.